The summed E-state index contributed by atoms with van der Waals surface area (Å²) in [6, 6.07) is 15.7. The van der Waals surface area contributed by atoms with Crippen molar-refractivity contribution >= 4 is 10.8 Å². The van der Waals surface area contributed by atoms with Gasteiger partial charge in [-0.05, 0) is 35.2 Å². The number of rotatable bonds is 1. The van der Waals surface area contributed by atoms with E-state index in [-0.39, 0.29) is 0 Å². The van der Waals surface area contributed by atoms with Crippen molar-refractivity contribution in [3.63, 3.8) is 0 Å². The molecular weight excluding hydrogens is 218 g/mol. The van der Waals surface area contributed by atoms with Crippen LogP contribution in [0.4, 0.5) is 0 Å². The molecule has 1 saturated carbocycles. The first-order chi connectivity index (χ1) is 8.73. The molecule has 1 heteroatoms. The van der Waals surface area contributed by atoms with E-state index in [2.05, 4.69) is 61.3 Å². The normalized spacial score (nSPS) is 34.8. The Kier molecular flexibility index (Phi) is 1.97. The third-order valence-corrected chi connectivity index (χ3v) is 5.30. The minimum atomic E-state index is 0.440. The fraction of sp³-hybridized carbons (Fsp3) is 0.412. The molecule has 0 N–H and O–H groups in total. The molecule has 0 aromatic heterocycles. The van der Waals surface area contributed by atoms with Gasteiger partial charge in [-0.1, -0.05) is 49.4 Å². The maximum absolute atomic E-state index is 2.49. The Labute approximate surface area is 108 Å². The third-order valence-electron chi connectivity index (χ3n) is 5.30. The van der Waals surface area contributed by atoms with Crippen LogP contribution >= 0.6 is 0 Å². The highest BCUT2D eigenvalue weighted by Gasteiger charge is 2.66. The van der Waals surface area contributed by atoms with Crippen molar-refractivity contribution < 1.29 is 0 Å². The summed E-state index contributed by atoms with van der Waals surface area (Å²) < 4.78 is 0. The average molecular weight is 237 g/mol. The molecule has 0 spiro atoms. The molecule has 1 unspecified atom stereocenters. The number of fused-ring (bicyclic) bond motifs is 2. The predicted octanol–water partition coefficient (Wildman–Crippen LogP) is 3.29. The summed E-state index contributed by atoms with van der Waals surface area (Å²) in [7, 11) is 2.26. The van der Waals surface area contributed by atoms with E-state index in [0.29, 0.717) is 5.41 Å². The second-order valence-corrected chi connectivity index (χ2v) is 6.16. The lowest BCUT2D eigenvalue weighted by Gasteiger charge is -2.20. The molecule has 0 amide bonds. The van der Waals surface area contributed by atoms with Crippen LogP contribution in [-0.4, -0.2) is 25.0 Å². The molecule has 2 aromatic carbocycles. The Morgan fingerprint density at radius 3 is 2.72 bits per heavy atom. The fourth-order valence-corrected chi connectivity index (χ4v) is 4.32. The van der Waals surface area contributed by atoms with Gasteiger partial charge in [-0.25, -0.2) is 0 Å². The van der Waals surface area contributed by atoms with Crippen LogP contribution in [0.25, 0.3) is 10.8 Å². The molecule has 3 atom stereocenters. The lowest BCUT2D eigenvalue weighted by molar-refractivity contribution is 0.339. The van der Waals surface area contributed by atoms with Gasteiger partial charge < -0.3 is 4.90 Å². The largest absolute Gasteiger partial charge is 0.305 e. The Balaban J connectivity index is 1.94. The second kappa shape index (κ2) is 3.36. The van der Waals surface area contributed by atoms with Crippen LogP contribution < -0.4 is 0 Å². The highest BCUT2D eigenvalue weighted by molar-refractivity contribution is 5.87. The van der Waals surface area contributed by atoms with E-state index in [0.717, 1.165) is 11.8 Å². The van der Waals surface area contributed by atoms with Gasteiger partial charge in [0.25, 0.3) is 0 Å². The lowest BCUT2D eigenvalue weighted by atomic mass is 9.88. The Bertz CT molecular complexity index is 613. The van der Waals surface area contributed by atoms with Crippen molar-refractivity contribution in [2.24, 2.45) is 11.8 Å². The standard InChI is InChI=1S/C17H19N/c1-12-16-10-18(2)11-17(12,16)15-9-5-7-13-6-3-4-8-14(13)15/h3-9,12,16H,10-11H2,1-2H3/t12-,16-,17?/m1/s1. The van der Waals surface area contributed by atoms with E-state index >= 15 is 0 Å². The van der Waals surface area contributed by atoms with E-state index in [1.165, 1.54) is 23.9 Å². The Morgan fingerprint density at radius 1 is 1.11 bits per heavy atom. The van der Waals surface area contributed by atoms with Gasteiger partial charge in [-0.15, -0.1) is 0 Å². The summed E-state index contributed by atoms with van der Waals surface area (Å²) in [4.78, 5) is 2.49. The van der Waals surface area contributed by atoms with E-state index in [4.69, 9.17) is 0 Å². The highest BCUT2D eigenvalue weighted by Crippen LogP contribution is 2.64. The van der Waals surface area contributed by atoms with Crippen molar-refractivity contribution in [1.29, 1.82) is 0 Å². The maximum Gasteiger partial charge on any atom is 0.0158 e. The summed E-state index contributed by atoms with van der Waals surface area (Å²) in [5, 5.41) is 2.85. The molecule has 18 heavy (non-hydrogen) atoms. The molecule has 2 aliphatic rings. The zero-order valence-corrected chi connectivity index (χ0v) is 11.1. The fourth-order valence-electron chi connectivity index (χ4n) is 4.32. The first kappa shape index (κ1) is 10.6. The van der Waals surface area contributed by atoms with Gasteiger partial charge in [0.15, 0.2) is 0 Å². The Morgan fingerprint density at radius 2 is 1.89 bits per heavy atom. The second-order valence-electron chi connectivity index (χ2n) is 6.16. The molecule has 1 aliphatic carbocycles. The number of likely N-dealkylation sites (N-methyl/N-ethyl adjacent to an activating group) is 1. The number of likely N-dealkylation sites (tertiary alicyclic amines) is 1. The van der Waals surface area contributed by atoms with Crippen molar-refractivity contribution in [2.45, 2.75) is 12.3 Å². The number of piperidine rings is 1. The van der Waals surface area contributed by atoms with Crippen molar-refractivity contribution in [3.05, 3.63) is 48.0 Å². The first-order valence-corrected chi connectivity index (χ1v) is 6.90. The van der Waals surface area contributed by atoms with E-state index in [1.807, 2.05) is 0 Å². The summed E-state index contributed by atoms with van der Waals surface area (Å²) in [5.74, 6) is 1.72. The minimum absolute atomic E-state index is 0.440. The molecule has 1 nitrogen and oxygen atoms in total. The summed E-state index contributed by atoms with van der Waals surface area (Å²) in [6.07, 6.45) is 0. The van der Waals surface area contributed by atoms with E-state index < -0.39 is 0 Å². The third kappa shape index (κ3) is 1.16. The number of hydrogen-bond donors (Lipinski definition) is 0. The number of nitrogens with zero attached hydrogens (tertiary/aromatic N) is 1. The van der Waals surface area contributed by atoms with Crippen molar-refractivity contribution in [1.82, 2.24) is 4.90 Å². The minimum Gasteiger partial charge on any atom is -0.305 e. The molecular formula is C17H19N. The van der Waals surface area contributed by atoms with Crippen LogP contribution in [0.1, 0.15) is 12.5 Å². The average Bonchev–Trinajstić information content (AvgIpc) is 2.79. The van der Waals surface area contributed by atoms with Crippen molar-refractivity contribution in [3.8, 4) is 0 Å². The van der Waals surface area contributed by atoms with Gasteiger partial charge >= 0.3 is 0 Å². The molecule has 4 rings (SSSR count). The molecule has 1 aliphatic heterocycles. The van der Waals surface area contributed by atoms with Crippen molar-refractivity contribution in [2.75, 3.05) is 20.1 Å². The van der Waals surface area contributed by atoms with E-state index in [9.17, 15) is 0 Å². The van der Waals surface area contributed by atoms with Crippen LogP contribution in [0.5, 0.6) is 0 Å². The van der Waals surface area contributed by atoms with Crippen LogP contribution in [-0.2, 0) is 5.41 Å². The van der Waals surface area contributed by atoms with E-state index in [1.54, 1.807) is 5.56 Å². The topological polar surface area (TPSA) is 3.24 Å². The molecule has 2 aromatic rings. The van der Waals surface area contributed by atoms with Crippen LogP contribution in [0, 0.1) is 11.8 Å². The summed E-state index contributed by atoms with van der Waals surface area (Å²) in [5.41, 5.74) is 2.03. The lowest BCUT2D eigenvalue weighted by Crippen LogP contribution is -2.25. The van der Waals surface area contributed by atoms with Gasteiger partial charge in [0, 0.05) is 18.5 Å². The van der Waals surface area contributed by atoms with Gasteiger partial charge in [-0.2, -0.15) is 0 Å². The first-order valence-electron chi connectivity index (χ1n) is 6.90. The smallest absolute Gasteiger partial charge is 0.0158 e. The van der Waals surface area contributed by atoms with Crippen LogP contribution in [0.2, 0.25) is 0 Å². The Hall–Kier alpha value is -1.34. The zero-order chi connectivity index (χ0) is 12.3. The number of benzene rings is 2. The molecule has 92 valence electrons. The molecule has 0 bridgehead atoms. The quantitative estimate of drug-likeness (QED) is 0.735. The predicted molar refractivity (Wildman–Crippen MR) is 75.8 cm³/mol. The summed E-state index contributed by atoms with van der Waals surface area (Å²) >= 11 is 0. The van der Waals surface area contributed by atoms with Gasteiger partial charge in [0.05, 0.1) is 0 Å². The number of hydrogen-bond acceptors (Lipinski definition) is 1. The molecule has 1 saturated heterocycles. The SMILES string of the molecule is C[C@@H]1[C@H]2CN(C)CC12c1cccc2ccccc12. The zero-order valence-electron chi connectivity index (χ0n) is 11.1. The van der Waals surface area contributed by atoms with Crippen LogP contribution in [0.15, 0.2) is 42.5 Å². The van der Waals surface area contributed by atoms with Gasteiger partial charge in [0.1, 0.15) is 0 Å². The maximum atomic E-state index is 2.49. The summed E-state index contributed by atoms with van der Waals surface area (Å²) in [6.45, 7) is 4.93. The highest BCUT2D eigenvalue weighted by atomic mass is 15.2. The van der Waals surface area contributed by atoms with Crippen LogP contribution in [0.3, 0.4) is 0 Å². The molecule has 0 radical (unpaired) electrons. The molecule has 2 fully saturated rings. The monoisotopic (exact) mass is 237 g/mol. The van der Waals surface area contributed by atoms with Gasteiger partial charge in [-0.3, -0.25) is 0 Å². The molecule has 1 heterocycles. The van der Waals surface area contributed by atoms with Gasteiger partial charge in [0.2, 0.25) is 0 Å².